The Morgan fingerprint density at radius 3 is 2.42 bits per heavy atom. The highest BCUT2D eigenvalue weighted by atomic mass is 35.5. The molecule has 0 aliphatic carbocycles. The van der Waals surface area contributed by atoms with E-state index in [4.69, 9.17) is 27.9 Å². The van der Waals surface area contributed by atoms with Crippen LogP contribution < -0.4 is 0 Å². The molecule has 1 aromatic heterocycles. The van der Waals surface area contributed by atoms with Gasteiger partial charge >= 0.3 is 5.97 Å². The van der Waals surface area contributed by atoms with Crippen LogP contribution in [0.2, 0.25) is 10.0 Å². The van der Waals surface area contributed by atoms with Gasteiger partial charge in [-0.05, 0) is 53.6 Å². The van der Waals surface area contributed by atoms with Crippen LogP contribution in [-0.4, -0.2) is 28.9 Å². The van der Waals surface area contributed by atoms with Crippen molar-refractivity contribution in [3.63, 3.8) is 0 Å². The third-order valence-electron chi connectivity index (χ3n) is 4.50. The van der Waals surface area contributed by atoms with Crippen molar-refractivity contribution in [2.45, 2.75) is 13.1 Å². The number of amides is 1. The number of carbonyl (C=O) groups is 2. The number of rotatable bonds is 7. The van der Waals surface area contributed by atoms with Gasteiger partial charge in [-0.3, -0.25) is 9.78 Å². The topological polar surface area (TPSA) is 59.5 Å². The fourth-order valence-electron chi connectivity index (χ4n) is 2.88. The molecular weight excluding hydrogens is 435 g/mol. The largest absolute Gasteiger partial charge is 0.465 e. The fraction of sp³-hybridized carbons (Fsp3) is 0.125. The lowest BCUT2D eigenvalue weighted by Gasteiger charge is -2.21. The second-order valence-corrected chi connectivity index (χ2v) is 7.53. The monoisotopic (exact) mass is 454 g/mol. The molecule has 0 bridgehead atoms. The Hall–Kier alpha value is -3.15. The molecule has 0 saturated heterocycles. The molecule has 0 unspecified atom stereocenters. The Morgan fingerprint density at radius 2 is 1.77 bits per heavy atom. The van der Waals surface area contributed by atoms with E-state index in [2.05, 4.69) is 4.98 Å². The van der Waals surface area contributed by atoms with Crippen molar-refractivity contribution in [2.24, 2.45) is 0 Å². The van der Waals surface area contributed by atoms with E-state index in [0.717, 1.165) is 16.8 Å². The molecule has 0 saturated carbocycles. The second-order valence-electron chi connectivity index (χ2n) is 6.71. The molecule has 2 aromatic carbocycles. The lowest BCUT2D eigenvalue weighted by molar-refractivity contribution is -0.127. The van der Waals surface area contributed by atoms with Gasteiger partial charge in [0.15, 0.2) is 0 Å². The number of hydrogen-bond donors (Lipinski definition) is 0. The predicted molar refractivity (Wildman–Crippen MR) is 122 cm³/mol. The van der Waals surface area contributed by atoms with E-state index >= 15 is 0 Å². The summed E-state index contributed by atoms with van der Waals surface area (Å²) in [5.41, 5.74) is 2.86. The number of carbonyl (C=O) groups excluding carboxylic acids is 2. The average molecular weight is 455 g/mol. The number of methoxy groups -OCH3 is 1. The van der Waals surface area contributed by atoms with E-state index in [0.29, 0.717) is 28.7 Å². The van der Waals surface area contributed by atoms with Crippen molar-refractivity contribution in [3.8, 4) is 0 Å². The van der Waals surface area contributed by atoms with Gasteiger partial charge in [0.1, 0.15) is 0 Å². The summed E-state index contributed by atoms with van der Waals surface area (Å²) in [6.45, 7) is 0.684. The van der Waals surface area contributed by atoms with Gasteiger partial charge in [0.25, 0.3) is 0 Å². The summed E-state index contributed by atoms with van der Waals surface area (Å²) in [6.07, 6.45) is 4.88. The number of benzene rings is 2. The molecule has 0 N–H and O–H groups in total. The van der Waals surface area contributed by atoms with Crippen molar-refractivity contribution < 1.29 is 14.3 Å². The van der Waals surface area contributed by atoms with E-state index in [1.807, 2.05) is 24.3 Å². The third-order valence-corrected chi connectivity index (χ3v) is 5.24. The Kier molecular flexibility index (Phi) is 7.82. The normalized spacial score (nSPS) is 10.8. The summed E-state index contributed by atoms with van der Waals surface area (Å²) in [7, 11) is 1.33. The third kappa shape index (κ3) is 6.41. The summed E-state index contributed by atoms with van der Waals surface area (Å²) in [6, 6.07) is 17.7. The molecule has 0 spiro atoms. The predicted octanol–water partition coefficient (Wildman–Crippen LogP) is 5.42. The smallest absolute Gasteiger partial charge is 0.337 e. The molecule has 0 atom stereocenters. The minimum atomic E-state index is -0.408. The summed E-state index contributed by atoms with van der Waals surface area (Å²) >= 11 is 12.1. The molecular formula is C24H20Cl2N2O3. The molecule has 3 aromatic rings. The lowest BCUT2D eigenvalue weighted by Crippen LogP contribution is -2.28. The first-order valence-electron chi connectivity index (χ1n) is 9.45. The fourth-order valence-corrected chi connectivity index (χ4v) is 3.20. The average Bonchev–Trinajstić information content (AvgIpc) is 2.80. The van der Waals surface area contributed by atoms with E-state index in [9.17, 15) is 9.59 Å². The van der Waals surface area contributed by atoms with Crippen LogP contribution in [0.5, 0.6) is 0 Å². The van der Waals surface area contributed by atoms with Gasteiger partial charge in [-0.15, -0.1) is 0 Å². The summed E-state index contributed by atoms with van der Waals surface area (Å²) in [5.74, 6) is -0.594. The second kappa shape index (κ2) is 10.8. The van der Waals surface area contributed by atoms with Gasteiger partial charge in [-0.2, -0.15) is 0 Å². The van der Waals surface area contributed by atoms with Crippen LogP contribution in [0.1, 0.15) is 27.2 Å². The minimum absolute atomic E-state index is 0.186. The van der Waals surface area contributed by atoms with Crippen molar-refractivity contribution >= 4 is 41.2 Å². The standard InChI is InChI=1S/C24H20Cl2N2O3/c1-31-24(30)19-9-5-17(6-10-19)8-12-23(29)28(16-20-4-2-3-13-27-20)15-18-7-11-21(25)22(26)14-18/h2-14H,15-16H2,1H3/b12-8+. The molecule has 158 valence electrons. The Labute approximate surface area is 190 Å². The quantitative estimate of drug-likeness (QED) is 0.353. The van der Waals surface area contributed by atoms with Gasteiger partial charge in [-0.25, -0.2) is 4.79 Å². The van der Waals surface area contributed by atoms with E-state index in [-0.39, 0.29) is 5.91 Å². The SMILES string of the molecule is COC(=O)c1ccc(/C=C/C(=O)N(Cc2ccc(Cl)c(Cl)c2)Cc2ccccn2)cc1. The van der Waals surface area contributed by atoms with Crippen LogP contribution in [0.4, 0.5) is 0 Å². The Bertz CT molecular complexity index is 1080. The first-order chi connectivity index (χ1) is 15.0. The lowest BCUT2D eigenvalue weighted by atomic mass is 10.1. The van der Waals surface area contributed by atoms with Crippen LogP contribution >= 0.6 is 23.2 Å². The highest BCUT2D eigenvalue weighted by Gasteiger charge is 2.14. The van der Waals surface area contributed by atoms with E-state index in [1.165, 1.54) is 13.2 Å². The highest BCUT2D eigenvalue weighted by Crippen LogP contribution is 2.23. The van der Waals surface area contributed by atoms with Crippen LogP contribution in [-0.2, 0) is 22.6 Å². The van der Waals surface area contributed by atoms with Crippen molar-refractivity contribution in [1.82, 2.24) is 9.88 Å². The maximum atomic E-state index is 13.0. The maximum Gasteiger partial charge on any atom is 0.337 e. The highest BCUT2D eigenvalue weighted by molar-refractivity contribution is 6.42. The summed E-state index contributed by atoms with van der Waals surface area (Å²) in [5, 5.41) is 0.897. The van der Waals surface area contributed by atoms with Crippen molar-refractivity contribution in [3.05, 3.63) is 105 Å². The number of hydrogen-bond acceptors (Lipinski definition) is 4. The van der Waals surface area contributed by atoms with Gasteiger partial charge in [0.05, 0.1) is 35.0 Å². The van der Waals surface area contributed by atoms with Crippen molar-refractivity contribution in [2.75, 3.05) is 7.11 Å². The van der Waals surface area contributed by atoms with Crippen LogP contribution in [0.25, 0.3) is 6.08 Å². The molecule has 1 amide bonds. The van der Waals surface area contributed by atoms with E-state index in [1.54, 1.807) is 53.6 Å². The molecule has 5 nitrogen and oxygen atoms in total. The van der Waals surface area contributed by atoms with Gasteiger partial charge < -0.3 is 9.64 Å². The van der Waals surface area contributed by atoms with Crippen LogP contribution in [0.15, 0.2) is 72.9 Å². The number of esters is 1. The number of ether oxygens (including phenoxy) is 1. The molecule has 31 heavy (non-hydrogen) atoms. The van der Waals surface area contributed by atoms with Crippen LogP contribution in [0.3, 0.4) is 0 Å². The number of halogens is 2. The summed E-state index contributed by atoms with van der Waals surface area (Å²) in [4.78, 5) is 30.5. The van der Waals surface area contributed by atoms with Gasteiger partial charge in [-0.1, -0.05) is 47.5 Å². The Balaban J connectivity index is 1.78. The molecule has 1 heterocycles. The molecule has 0 aliphatic rings. The minimum Gasteiger partial charge on any atom is -0.465 e. The number of pyridine rings is 1. The molecule has 0 fully saturated rings. The Morgan fingerprint density at radius 1 is 1.00 bits per heavy atom. The zero-order valence-corrected chi connectivity index (χ0v) is 18.3. The van der Waals surface area contributed by atoms with Crippen molar-refractivity contribution in [1.29, 1.82) is 0 Å². The number of aromatic nitrogens is 1. The van der Waals surface area contributed by atoms with Gasteiger partial charge in [0.2, 0.25) is 5.91 Å². The van der Waals surface area contributed by atoms with Crippen LogP contribution in [0, 0.1) is 0 Å². The molecule has 0 aliphatic heterocycles. The van der Waals surface area contributed by atoms with E-state index < -0.39 is 5.97 Å². The summed E-state index contributed by atoms with van der Waals surface area (Å²) < 4.78 is 4.69. The maximum absolute atomic E-state index is 13.0. The van der Waals surface area contributed by atoms with Gasteiger partial charge in [0, 0.05) is 18.8 Å². The zero-order valence-electron chi connectivity index (χ0n) is 16.8. The zero-order chi connectivity index (χ0) is 22.2. The first-order valence-corrected chi connectivity index (χ1v) is 10.2. The molecule has 0 radical (unpaired) electrons. The molecule has 3 rings (SSSR count). The molecule has 7 heteroatoms. The first kappa shape index (κ1) is 22.5. The number of nitrogens with zero attached hydrogens (tertiary/aromatic N) is 2.